The van der Waals surface area contributed by atoms with Crippen LogP contribution in [0, 0.1) is 5.92 Å². The van der Waals surface area contributed by atoms with E-state index in [1.807, 2.05) is 0 Å². The third-order valence-corrected chi connectivity index (χ3v) is 3.09. The maximum atomic E-state index is 12.6. The van der Waals surface area contributed by atoms with Crippen LogP contribution in [0.3, 0.4) is 0 Å². The van der Waals surface area contributed by atoms with E-state index in [0.29, 0.717) is 11.5 Å². The molecule has 1 aromatic carbocycles. The van der Waals surface area contributed by atoms with Crippen molar-refractivity contribution in [1.82, 2.24) is 5.43 Å². The molecule has 1 rings (SSSR count). The molecule has 0 spiro atoms. The summed E-state index contributed by atoms with van der Waals surface area (Å²) >= 11 is 0. The Labute approximate surface area is 112 Å². The minimum absolute atomic E-state index is 0.235. The average Bonchev–Trinajstić information content (AvgIpc) is 2.33. The number of hydrogen-bond donors (Lipinski definition) is 2. The summed E-state index contributed by atoms with van der Waals surface area (Å²) in [7, 11) is 0. The van der Waals surface area contributed by atoms with Gasteiger partial charge in [-0.2, -0.15) is 13.2 Å². The van der Waals surface area contributed by atoms with E-state index in [4.69, 9.17) is 5.84 Å². The molecular weight excluding hydrogens is 253 g/mol. The second-order valence-corrected chi connectivity index (χ2v) is 5.17. The van der Waals surface area contributed by atoms with E-state index >= 15 is 0 Å². The summed E-state index contributed by atoms with van der Waals surface area (Å²) in [5.74, 6) is 6.03. The number of rotatable bonds is 6. The maximum Gasteiger partial charge on any atom is 0.416 e. The molecule has 2 nitrogen and oxygen atoms in total. The number of hydrazine groups is 1. The van der Waals surface area contributed by atoms with Crippen molar-refractivity contribution in [2.75, 3.05) is 0 Å². The first kappa shape index (κ1) is 16.0. The monoisotopic (exact) mass is 274 g/mol. The van der Waals surface area contributed by atoms with E-state index < -0.39 is 11.7 Å². The van der Waals surface area contributed by atoms with Gasteiger partial charge in [0.15, 0.2) is 0 Å². The number of benzene rings is 1. The average molecular weight is 274 g/mol. The van der Waals surface area contributed by atoms with Crippen LogP contribution in [0.15, 0.2) is 24.3 Å². The molecule has 5 heteroatoms. The van der Waals surface area contributed by atoms with Crippen molar-refractivity contribution in [2.45, 2.75) is 45.3 Å². The highest BCUT2D eigenvalue weighted by atomic mass is 19.4. The number of nitrogens with one attached hydrogen (secondary N) is 1. The van der Waals surface area contributed by atoms with Crippen molar-refractivity contribution in [2.24, 2.45) is 11.8 Å². The van der Waals surface area contributed by atoms with Gasteiger partial charge in [0.1, 0.15) is 0 Å². The number of nitrogens with two attached hydrogens (primary N) is 1. The molecular formula is C14H21F3N2. The summed E-state index contributed by atoms with van der Waals surface area (Å²) in [6, 6.07) is 5.10. The van der Waals surface area contributed by atoms with Crippen molar-refractivity contribution in [1.29, 1.82) is 0 Å². The van der Waals surface area contributed by atoms with Gasteiger partial charge in [-0.25, -0.2) is 0 Å². The second kappa shape index (κ2) is 6.91. The molecule has 0 aromatic heterocycles. The zero-order valence-corrected chi connectivity index (χ0v) is 11.3. The Hall–Kier alpha value is -1.07. The van der Waals surface area contributed by atoms with Gasteiger partial charge in [-0.15, -0.1) is 0 Å². The molecule has 0 amide bonds. The molecule has 0 saturated carbocycles. The van der Waals surface area contributed by atoms with Gasteiger partial charge < -0.3 is 0 Å². The van der Waals surface area contributed by atoms with Gasteiger partial charge in [0.2, 0.25) is 0 Å². The first-order valence-electron chi connectivity index (χ1n) is 6.48. The van der Waals surface area contributed by atoms with E-state index in [0.717, 1.165) is 25.3 Å². The highest BCUT2D eigenvalue weighted by Crippen LogP contribution is 2.31. The normalized spacial score (nSPS) is 13.8. The minimum atomic E-state index is -4.31. The Kier molecular flexibility index (Phi) is 5.82. The molecule has 0 heterocycles. The molecule has 0 aliphatic carbocycles. The molecule has 19 heavy (non-hydrogen) atoms. The third kappa shape index (κ3) is 5.20. The quantitative estimate of drug-likeness (QED) is 0.607. The van der Waals surface area contributed by atoms with Crippen molar-refractivity contribution in [3.8, 4) is 0 Å². The molecule has 1 unspecified atom stereocenters. The standard InChI is InChI=1S/C14H21F3N2/c1-10(2)5-3-8-13(19-18)11-6-4-7-12(9-11)14(15,16)17/h4,6-7,9-10,13,19H,3,5,8,18H2,1-2H3. The Balaban J connectivity index is 2.75. The van der Waals surface area contributed by atoms with Crippen LogP contribution in [0.2, 0.25) is 0 Å². The van der Waals surface area contributed by atoms with Crippen LogP contribution < -0.4 is 11.3 Å². The molecule has 1 atom stereocenters. The van der Waals surface area contributed by atoms with Gasteiger partial charge in [-0.1, -0.05) is 38.8 Å². The van der Waals surface area contributed by atoms with Crippen LogP contribution in [-0.2, 0) is 6.18 Å². The summed E-state index contributed by atoms with van der Waals surface area (Å²) in [6.45, 7) is 4.24. The zero-order valence-electron chi connectivity index (χ0n) is 11.3. The maximum absolute atomic E-state index is 12.6. The fourth-order valence-electron chi connectivity index (χ4n) is 2.01. The van der Waals surface area contributed by atoms with Crippen LogP contribution in [0.4, 0.5) is 13.2 Å². The van der Waals surface area contributed by atoms with Gasteiger partial charge in [-0.3, -0.25) is 11.3 Å². The largest absolute Gasteiger partial charge is 0.416 e. The molecule has 0 saturated heterocycles. The van der Waals surface area contributed by atoms with Gasteiger partial charge in [-0.05, 0) is 30.0 Å². The Morgan fingerprint density at radius 2 is 1.89 bits per heavy atom. The molecule has 0 aliphatic rings. The lowest BCUT2D eigenvalue weighted by molar-refractivity contribution is -0.137. The zero-order chi connectivity index (χ0) is 14.5. The summed E-state index contributed by atoms with van der Waals surface area (Å²) in [5, 5.41) is 0. The molecule has 3 N–H and O–H groups in total. The first-order chi connectivity index (χ1) is 8.84. The molecule has 0 aliphatic heterocycles. The van der Waals surface area contributed by atoms with Gasteiger partial charge in [0, 0.05) is 6.04 Å². The Morgan fingerprint density at radius 1 is 1.21 bits per heavy atom. The number of alkyl halides is 3. The Bertz CT molecular complexity index is 389. The molecule has 0 bridgehead atoms. The highest BCUT2D eigenvalue weighted by Gasteiger charge is 2.30. The minimum Gasteiger partial charge on any atom is -0.271 e. The topological polar surface area (TPSA) is 38.0 Å². The highest BCUT2D eigenvalue weighted by molar-refractivity contribution is 5.27. The van der Waals surface area contributed by atoms with Crippen molar-refractivity contribution >= 4 is 0 Å². The van der Waals surface area contributed by atoms with Gasteiger partial charge >= 0.3 is 6.18 Å². The predicted molar refractivity (Wildman–Crippen MR) is 70.2 cm³/mol. The van der Waals surface area contributed by atoms with Crippen LogP contribution >= 0.6 is 0 Å². The first-order valence-corrected chi connectivity index (χ1v) is 6.48. The molecule has 0 radical (unpaired) electrons. The molecule has 0 fully saturated rings. The fourth-order valence-corrected chi connectivity index (χ4v) is 2.01. The summed E-state index contributed by atoms with van der Waals surface area (Å²) in [5.41, 5.74) is 2.56. The number of hydrogen-bond acceptors (Lipinski definition) is 2. The van der Waals surface area contributed by atoms with Gasteiger partial charge in [0.25, 0.3) is 0 Å². The van der Waals surface area contributed by atoms with E-state index in [9.17, 15) is 13.2 Å². The van der Waals surface area contributed by atoms with Gasteiger partial charge in [0.05, 0.1) is 5.56 Å². The summed E-state index contributed by atoms with van der Waals surface area (Å²) in [6.07, 6.45) is -1.61. The third-order valence-electron chi connectivity index (χ3n) is 3.09. The van der Waals surface area contributed by atoms with Crippen molar-refractivity contribution in [3.05, 3.63) is 35.4 Å². The van der Waals surface area contributed by atoms with E-state index in [1.165, 1.54) is 12.1 Å². The fraction of sp³-hybridized carbons (Fsp3) is 0.571. The summed E-state index contributed by atoms with van der Waals surface area (Å²) < 4.78 is 37.9. The number of halogens is 3. The second-order valence-electron chi connectivity index (χ2n) is 5.17. The lowest BCUT2D eigenvalue weighted by Crippen LogP contribution is -2.28. The van der Waals surface area contributed by atoms with E-state index in [2.05, 4.69) is 19.3 Å². The Morgan fingerprint density at radius 3 is 2.42 bits per heavy atom. The molecule has 1 aromatic rings. The van der Waals surface area contributed by atoms with E-state index in [-0.39, 0.29) is 6.04 Å². The van der Waals surface area contributed by atoms with Crippen molar-refractivity contribution < 1.29 is 13.2 Å². The SMILES string of the molecule is CC(C)CCCC(NN)c1cccc(C(F)(F)F)c1. The summed E-state index contributed by atoms with van der Waals surface area (Å²) in [4.78, 5) is 0. The van der Waals surface area contributed by atoms with Crippen LogP contribution in [0.25, 0.3) is 0 Å². The van der Waals surface area contributed by atoms with Crippen LogP contribution in [0.1, 0.15) is 50.3 Å². The lowest BCUT2D eigenvalue weighted by atomic mass is 9.97. The van der Waals surface area contributed by atoms with E-state index in [1.54, 1.807) is 6.07 Å². The lowest BCUT2D eigenvalue weighted by Gasteiger charge is -2.18. The van der Waals surface area contributed by atoms with Crippen LogP contribution in [0.5, 0.6) is 0 Å². The van der Waals surface area contributed by atoms with Crippen molar-refractivity contribution in [3.63, 3.8) is 0 Å². The van der Waals surface area contributed by atoms with Crippen LogP contribution in [-0.4, -0.2) is 0 Å². The smallest absolute Gasteiger partial charge is 0.271 e. The molecule has 108 valence electrons. The predicted octanol–water partition coefficient (Wildman–Crippen LogP) is 4.04.